The Balaban J connectivity index is 1.61. The monoisotopic (exact) mass is 332 g/mol. The molecule has 1 aliphatic rings. The van der Waals surface area contributed by atoms with E-state index in [0.29, 0.717) is 5.92 Å². The predicted molar refractivity (Wildman–Crippen MR) is 108 cm³/mol. The molecule has 122 valence electrons. The van der Waals surface area contributed by atoms with Crippen molar-refractivity contribution in [2.24, 2.45) is 5.92 Å². The van der Waals surface area contributed by atoms with Gasteiger partial charge in [0.05, 0.1) is 6.26 Å². The van der Waals surface area contributed by atoms with E-state index >= 15 is 0 Å². The Bertz CT molecular complexity index is 1390. The minimum absolute atomic E-state index is 0.633. The zero-order valence-corrected chi connectivity index (χ0v) is 14.3. The van der Waals surface area contributed by atoms with Crippen LogP contribution in [-0.2, 0) is 0 Å². The van der Waals surface area contributed by atoms with Crippen molar-refractivity contribution in [1.82, 2.24) is 0 Å². The van der Waals surface area contributed by atoms with E-state index in [-0.39, 0.29) is 0 Å². The molecule has 0 bridgehead atoms. The highest BCUT2D eigenvalue weighted by Crippen LogP contribution is 2.34. The molecule has 0 saturated heterocycles. The summed E-state index contributed by atoms with van der Waals surface area (Å²) in [5.74, 6) is 7.32. The number of hydrogen-bond acceptors (Lipinski definition) is 1. The quantitative estimate of drug-likeness (QED) is 0.176. The largest absolute Gasteiger partial charge is 0.464 e. The van der Waals surface area contributed by atoms with Crippen LogP contribution in [0.15, 0.2) is 71.3 Å². The molecular formula is C25H16O. The second-order valence-electron chi connectivity index (χ2n) is 7.24. The Morgan fingerprint density at radius 3 is 2.46 bits per heavy atom. The molecule has 1 saturated carbocycles. The Labute approximate surface area is 151 Å². The molecule has 1 aliphatic carbocycles. The molecule has 0 unspecified atom stereocenters. The lowest BCUT2D eigenvalue weighted by Crippen LogP contribution is -1.82. The van der Waals surface area contributed by atoms with E-state index in [4.69, 9.17) is 4.42 Å². The van der Waals surface area contributed by atoms with Gasteiger partial charge in [-0.25, -0.2) is 0 Å². The summed E-state index contributed by atoms with van der Waals surface area (Å²) in [4.78, 5) is 0. The minimum Gasteiger partial charge on any atom is -0.464 e. The summed E-state index contributed by atoms with van der Waals surface area (Å²) >= 11 is 0. The molecular weight excluding hydrogens is 316 g/mol. The first kappa shape index (κ1) is 14.0. The molecule has 1 heterocycles. The summed E-state index contributed by atoms with van der Waals surface area (Å²) in [6.45, 7) is 0. The fraction of sp³-hybridized carbons (Fsp3) is 0.120. The zero-order valence-electron chi connectivity index (χ0n) is 14.3. The van der Waals surface area contributed by atoms with Crippen LogP contribution in [0.25, 0.3) is 43.3 Å². The maximum absolute atomic E-state index is 5.55. The van der Waals surface area contributed by atoms with Gasteiger partial charge in [0.25, 0.3) is 0 Å². The Morgan fingerprint density at radius 2 is 1.54 bits per heavy atom. The van der Waals surface area contributed by atoms with Gasteiger partial charge in [-0.2, -0.15) is 0 Å². The van der Waals surface area contributed by atoms with Crippen molar-refractivity contribution in [2.75, 3.05) is 0 Å². The Kier molecular flexibility index (Phi) is 2.76. The molecule has 0 spiro atoms. The van der Waals surface area contributed by atoms with Crippen molar-refractivity contribution >= 4 is 43.3 Å². The van der Waals surface area contributed by atoms with Gasteiger partial charge < -0.3 is 4.42 Å². The summed E-state index contributed by atoms with van der Waals surface area (Å²) in [5, 5.41) is 8.76. The topological polar surface area (TPSA) is 13.1 Å². The third-order valence-corrected chi connectivity index (χ3v) is 5.40. The fourth-order valence-corrected chi connectivity index (χ4v) is 3.83. The summed E-state index contributed by atoms with van der Waals surface area (Å²) in [6, 6.07) is 21.8. The van der Waals surface area contributed by atoms with E-state index in [2.05, 4.69) is 72.5 Å². The van der Waals surface area contributed by atoms with Crippen LogP contribution < -0.4 is 0 Å². The smallest absolute Gasteiger partial charge is 0.134 e. The molecule has 0 N–H and O–H groups in total. The van der Waals surface area contributed by atoms with Gasteiger partial charge in [-0.3, -0.25) is 0 Å². The highest BCUT2D eigenvalue weighted by Gasteiger charge is 2.17. The van der Waals surface area contributed by atoms with Crippen molar-refractivity contribution in [3.63, 3.8) is 0 Å². The molecule has 0 aliphatic heterocycles. The van der Waals surface area contributed by atoms with Gasteiger partial charge in [0.15, 0.2) is 0 Å². The van der Waals surface area contributed by atoms with E-state index in [0.717, 1.165) is 11.1 Å². The van der Waals surface area contributed by atoms with Crippen LogP contribution in [0.2, 0.25) is 0 Å². The Morgan fingerprint density at radius 1 is 0.692 bits per heavy atom. The number of hydrogen-bond donors (Lipinski definition) is 0. The fourth-order valence-electron chi connectivity index (χ4n) is 3.83. The van der Waals surface area contributed by atoms with Gasteiger partial charge in [0.1, 0.15) is 5.58 Å². The highest BCUT2D eigenvalue weighted by atomic mass is 16.3. The average molecular weight is 332 g/mol. The normalized spacial score (nSPS) is 14.2. The van der Waals surface area contributed by atoms with Crippen LogP contribution in [0, 0.1) is 17.8 Å². The van der Waals surface area contributed by atoms with E-state index < -0.39 is 0 Å². The van der Waals surface area contributed by atoms with Gasteiger partial charge in [-0.05, 0) is 81.6 Å². The minimum atomic E-state index is 0.633. The molecule has 0 atom stereocenters. The van der Waals surface area contributed by atoms with Crippen molar-refractivity contribution in [3.8, 4) is 11.8 Å². The van der Waals surface area contributed by atoms with Crippen molar-refractivity contribution < 1.29 is 4.42 Å². The third-order valence-electron chi connectivity index (χ3n) is 5.40. The van der Waals surface area contributed by atoms with Crippen LogP contribution in [0.4, 0.5) is 0 Å². The zero-order chi connectivity index (χ0) is 17.1. The molecule has 6 rings (SSSR count). The van der Waals surface area contributed by atoms with Gasteiger partial charge in [0, 0.05) is 16.9 Å². The molecule has 5 aromatic rings. The second-order valence-corrected chi connectivity index (χ2v) is 7.24. The first-order chi connectivity index (χ1) is 12.8. The molecule has 0 radical (unpaired) electrons. The summed E-state index contributed by atoms with van der Waals surface area (Å²) in [7, 11) is 0. The SMILES string of the molecule is C(#CC1CC1)c1ccc2cc3c(ccc4c5ccoc5ccc34)cc2c1. The van der Waals surface area contributed by atoms with E-state index in [1.807, 2.05) is 0 Å². The lowest BCUT2D eigenvalue weighted by Gasteiger charge is -2.07. The number of furan rings is 1. The highest BCUT2D eigenvalue weighted by molar-refractivity contribution is 6.18. The molecule has 1 nitrogen and oxygen atoms in total. The van der Waals surface area contributed by atoms with Gasteiger partial charge >= 0.3 is 0 Å². The standard InChI is InChI=1S/C25H16O/c1-2-16(1)3-4-17-5-6-18-15-24-19(14-20(18)13-17)7-8-21-22(24)9-10-25-23(21)11-12-26-25/h5-16H,1-2H2. The molecule has 4 aromatic carbocycles. The van der Waals surface area contributed by atoms with E-state index in [1.54, 1.807) is 6.26 Å². The van der Waals surface area contributed by atoms with Crippen LogP contribution in [0.5, 0.6) is 0 Å². The molecule has 1 heteroatoms. The van der Waals surface area contributed by atoms with Gasteiger partial charge in [0.2, 0.25) is 0 Å². The molecule has 0 amide bonds. The Hall–Kier alpha value is -3.24. The lowest BCUT2D eigenvalue weighted by molar-refractivity contribution is 0.616. The van der Waals surface area contributed by atoms with Gasteiger partial charge in [-0.15, -0.1) is 0 Å². The van der Waals surface area contributed by atoms with Crippen LogP contribution in [0.3, 0.4) is 0 Å². The summed E-state index contributed by atoms with van der Waals surface area (Å²) < 4.78 is 5.55. The second kappa shape index (κ2) is 5.13. The lowest BCUT2D eigenvalue weighted by atomic mass is 9.96. The van der Waals surface area contributed by atoms with Crippen LogP contribution in [-0.4, -0.2) is 0 Å². The molecule has 26 heavy (non-hydrogen) atoms. The van der Waals surface area contributed by atoms with E-state index in [9.17, 15) is 0 Å². The maximum atomic E-state index is 5.55. The predicted octanol–water partition coefficient (Wildman–Crippen LogP) is 6.65. The summed E-state index contributed by atoms with van der Waals surface area (Å²) in [5.41, 5.74) is 2.06. The number of fused-ring (bicyclic) bond motifs is 6. The first-order valence-electron chi connectivity index (χ1n) is 9.13. The molecule has 1 aromatic heterocycles. The van der Waals surface area contributed by atoms with E-state index in [1.165, 1.54) is 50.5 Å². The number of benzene rings is 4. The van der Waals surface area contributed by atoms with Gasteiger partial charge in [-0.1, -0.05) is 36.1 Å². The molecule has 1 fully saturated rings. The average Bonchev–Trinajstić information content (AvgIpc) is 3.38. The number of rotatable bonds is 0. The third kappa shape index (κ3) is 2.13. The summed E-state index contributed by atoms with van der Waals surface area (Å²) in [6.07, 6.45) is 4.29. The first-order valence-corrected chi connectivity index (χ1v) is 9.13. The van der Waals surface area contributed by atoms with Crippen LogP contribution in [0.1, 0.15) is 18.4 Å². The van der Waals surface area contributed by atoms with Crippen LogP contribution >= 0.6 is 0 Å². The van der Waals surface area contributed by atoms with Crippen molar-refractivity contribution in [2.45, 2.75) is 12.8 Å². The van der Waals surface area contributed by atoms with Crippen molar-refractivity contribution in [1.29, 1.82) is 0 Å². The van der Waals surface area contributed by atoms with Crippen molar-refractivity contribution in [3.05, 3.63) is 72.5 Å². The maximum Gasteiger partial charge on any atom is 0.134 e.